The SMILES string of the molecule is O=C(O)c1cc2c(o1)NCCC2. The zero-order valence-corrected chi connectivity index (χ0v) is 6.46. The largest absolute Gasteiger partial charge is 0.475 e. The predicted octanol–water partition coefficient (Wildman–Crippen LogP) is 1.34. The summed E-state index contributed by atoms with van der Waals surface area (Å²) in [6, 6.07) is 1.59. The Morgan fingerprint density at radius 3 is 3.17 bits per heavy atom. The summed E-state index contributed by atoms with van der Waals surface area (Å²) in [6.45, 7) is 0.861. The fraction of sp³-hybridized carbons (Fsp3) is 0.375. The molecule has 1 aliphatic rings. The van der Waals surface area contributed by atoms with Crippen LogP contribution in [0, 0.1) is 0 Å². The van der Waals surface area contributed by atoms with Gasteiger partial charge in [-0.3, -0.25) is 0 Å². The van der Waals surface area contributed by atoms with Crippen molar-refractivity contribution in [2.75, 3.05) is 11.9 Å². The van der Waals surface area contributed by atoms with Crippen LogP contribution in [0.25, 0.3) is 0 Å². The lowest BCUT2D eigenvalue weighted by atomic mass is 10.1. The molecule has 64 valence electrons. The van der Waals surface area contributed by atoms with Crippen molar-refractivity contribution >= 4 is 11.9 Å². The third-order valence-corrected chi connectivity index (χ3v) is 1.93. The van der Waals surface area contributed by atoms with Crippen LogP contribution in [0.5, 0.6) is 0 Å². The Labute approximate surface area is 69.2 Å². The van der Waals surface area contributed by atoms with Crippen LogP contribution in [-0.4, -0.2) is 17.6 Å². The number of rotatable bonds is 1. The van der Waals surface area contributed by atoms with E-state index in [0.29, 0.717) is 5.88 Å². The van der Waals surface area contributed by atoms with E-state index in [4.69, 9.17) is 9.52 Å². The monoisotopic (exact) mass is 167 g/mol. The second-order valence-electron chi connectivity index (χ2n) is 2.80. The van der Waals surface area contributed by atoms with Crippen molar-refractivity contribution in [3.05, 3.63) is 17.4 Å². The summed E-state index contributed by atoms with van der Waals surface area (Å²) in [4.78, 5) is 10.5. The van der Waals surface area contributed by atoms with E-state index in [2.05, 4.69) is 5.32 Å². The van der Waals surface area contributed by atoms with Crippen molar-refractivity contribution in [1.82, 2.24) is 0 Å². The van der Waals surface area contributed by atoms with Crippen molar-refractivity contribution in [3.8, 4) is 0 Å². The minimum absolute atomic E-state index is 0.0226. The summed E-state index contributed by atoms with van der Waals surface area (Å²) in [7, 11) is 0. The first-order valence-corrected chi connectivity index (χ1v) is 3.87. The number of hydrogen-bond acceptors (Lipinski definition) is 3. The first-order valence-electron chi connectivity index (χ1n) is 3.87. The fourth-order valence-electron chi connectivity index (χ4n) is 1.35. The van der Waals surface area contributed by atoms with Crippen LogP contribution in [0.2, 0.25) is 0 Å². The van der Waals surface area contributed by atoms with Crippen LogP contribution in [0.1, 0.15) is 22.5 Å². The van der Waals surface area contributed by atoms with Gasteiger partial charge in [-0.1, -0.05) is 0 Å². The van der Waals surface area contributed by atoms with Gasteiger partial charge in [-0.05, 0) is 18.9 Å². The van der Waals surface area contributed by atoms with Crippen molar-refractivity contribution < 1.29 is 14.3 Å². The zero-order chi connectivity index (χ0) is 8.55. The summed E-state index contributed by atoms with van der Waals surface area (Å²) in [5.41, 5.74) is 0.971. The quantitative estimate of drug-likeness (QED) is 0.662. The molecular formula is C8H9NO3. The number of nitrogens with one attached hydrogen (secondary N) is 1. The van der Waals surface area contributed by atoms with Crippen molar-refractivity contribution in [3.63, 3.8) is 0 Å². The second kappa shape index (κ2) is 2.55. The van der Waals surface area contributed by atoms with E-state index in [0.717, 1.165) is 24.9 Å². The highest BCUT2D eigenvalue weighted by atomic mass is 16.4. The molecule has 0 aromatic carbocycles. The number of carbonyl (C=O) groups is 1. The van der Waals surface area contributed by atoms with E-state index in [1.807, 2.05) is 0 Å². The third kappa shape index (κ3) is 1.05. The molecule has 1 aromatic heterocycles. The van der Waals surface area contributed by atoms with Crippen molar-refractivity contribution in [2.45, 2.75) is 12.8 Å². The van der Waals surface area contributed by atoms with Gasteiger partial charge in [0.1, 0.15) is 0 Å². The molecular weight excluding hydrogens is 158 g/mol. The molecule has 1 aromatic rings. The highest BCUT2D eigenvalue weighted by Gasteiger charge is 2.17. The molecule has 0 aliphatic carbocycles. The maximum Gasteiger partial charge on any atom is 0.371 e. The molecule has 0 radical (unpaired) electrons. The van der Waals surface area contributed by atoms with Crippen LogP contribution < -0.4 is 5.32 Å². The molecule has 0 atom stereocenters. The zero-order valence-electron chi connectivity index (χ0n) is 6.46. The molecule has 0 spiro atoms. The lowest BCUT2D eigenvalue weighted by Gasteiger charge is -2.10. The molecule has 4 nitrogen and oxygen atoms in total. The smallest absolute Gasteiger partial charge is 0.371 e. The molecule has 4 heteroatoms. The number of aromatic carboxylic acids is 1. The van der Waals surface area contributed by atoms with Gasteiger partial charge in [-0.15, -0.1) is 0 Å². The normalized spacial score (nSPS) is 15.0. The molecule has 0 unspecified atom stereocenters. The molecule has 12 heavy (non-hydrogen) atoms. The Bertz CT molecular complexity index is 293. The van der Waals surface area contributed by atoms with Gasteiger partial charge in [0.05, 0.1) is 0 Å². The lowest BCUT2D eigenvalue weighted by Crippen LogP contribution is -2.09. The molecule has 2 rings (SSSR count). The van der Waals surface area contributed by atoms with E-state index in [1.54, 1.807) is 6.07 Å². The van der Waals surface area contributed by atoms with E-state index in [9.17, 15) is 4.79 Å². The number of carboxylic acid groups (broad SMARTS) is 1. The second-order valence-corrected chi connectivity index (χ2v) is 2.80. The van der Waals surface area contributed by atoms with E-state index in [1.165, 1.54) is 0 Å². The summed E-state index contributed by atoms with van der Waals surface area (Å²) >= 11 is 0. The van der Waals surface area contributed by atoms with Crippen LogP contribution >= 0.6 is 0 Å². The van der Waals surface area contributed by atoms with Crippen molar-refractivity contribution in [1.29, 1.82) is 0 Å². The number of hydrogen-bond donors (Lipinski definition) is 2. The Hall–Kier alpha value is -1.45. The number of furan rings is 1. The van der Waals surface area contributed by atoms with E-state index < -0.39 is 5.97 Å². The average molecular weight is 167 g/mol. The van der Waals surface area contributed by atoms with Gasteiger partial charge in [0.2, 0.25) is 5.76 Å². The first-order chi connectivity index (χ1) is 5.77. The predicted molar refractivity (Wildman–Crippen MR) is 42.5 cm³/mol. The van der Waals surface area contributed by atoms with Crippen LogP contribution in [0.3, 0.4) is 0 Å². The van der Waals surface area contributed by atoms with Gasteiger partial charge in [0.15, 0.2) is 5.88 Å². The molecule has 0 saturated carbocycles. The maximum atomic E-state index is 10.5. The molecule has 1 aliphatic heterocycles. The number of fused-ring (bicyclic) bond motifs is 1. The Kier molecular flexibility index (Phi) is 1.53. The van der Waals surface area contributed by atoms with Crippen LogP contribution in [0.4, 0.5) is 5.88 Å². The lowest BCUT2D eigenvalue weighted by molar-refractivity contribution is 0.0663. The Morgan fingerprint density at radius 1 is 1.67 bits per heavy atom. The molecule has 0 saturated heterocycles. The minimum Gasteiger partial charge on any atom is -0.475 e. The molecule has 0 amide bonds. The molecule has 0 bridgehead atoms. The first kappa shape index (κ1) is 7.21. The van der Waals surface area contributed by atoms with Gasteiger partial charge in [0, 0.05) is 12.1 Å². The van der Waals surface area contributed by atoms with Gasteiger partial charge < -0.3 is 14.8 Å². The van der Waals surface area contributed by atoms with E-state index >= 15 is 0 Å². The molecule has 2 N–H and O–H groups in total. The third-order valence-electron chi connectivity index (χ3n) is 1.93. The molecule has 2 heterocycles. The summed E-state index contributed by atoms with van der Waals surface area (Å²) in [5, 5.41) is 11.6. The standard InChI is InChI=1S/C8H9NO3/c10-8(11)6-4-5-2-1-3-9-7(5)12-6/h4,9H,1-3H2,(H,10,11). The number of anilines is 1. The summed E-state index contributed by atoms with van der Waals surface area (Å²) in [6.07, 6.45) is 1.94. The van der Waals surface area contributed by atoms with Crippen molar-refractivity contribution in [2.24, 2.45) is 0 Å². The summed E-state index contributed by atoms with van der Waals surface area (Å²) < 4.78 is 5.06. The van der Waals surface area contributed by atoms with Gasteiger partial charge in [0.25, 0.3) is 0 Å². The Morgan fingerprint density at radius 2 is 2.50 bits per heavy atom. The maximum absolute atomic E-state index is 10.5. The molecule has 0 fully saturated rings. The van der Waals surface area contributed by atoms with Crippen LogP contribution in [0.15, 0.2) is 10.5 Å². The topological polar surface area (TPSA) is 62.5 Å². The highest BCUT2D eigenvalue weighted by Crippen LogP contribution is 2.25. The van der Waals surface area contributed by atoms with Crippen LogP contribution in [-0.2, 0) is 6.42 Å². The number of aryl methyl sites for hydroxylation is 1. The minimum atomic E-state index is -1.01. The van der Waals surface area contributed by atoms with Gasteiger partial charge >= 0.3 is 5.97 Å². The average Bonchev–Trinajstić information content (AvgIpc) is 2.46. The van der Waals surface area contributed by atoms with Gasteiger partial charge in [-0.2, -0.15) is 0 Å². The number of carboxylic acids is 1. The highest BCUT2D eigenvalue weighted by molar-refractivity contribution is 5.85. The Balaban J connectivity index is 2.38. The fourth-order valence-corrected chi connectivity index (χ4v) is 1.35. The van der Waals surface area contributed by atoms with Gasteiger partial charge in [-0.25, -0.2) is 4.79 Å². The van der Waals surface area contributed by atoms with E-state index in [-0.39, 0.29) is 5.76 Å². The summed E-state index contributed by atoms with van der Waals surface area (Å²) in [5.74, 6) is -0.362.